The predicted molar refractivity (Wildman–Crippen MR) is 162 cm³/mol. The van der Waals surface area contributed by atoms with E-state index in [4.69, 9.17) is 17.0 Å². The Morgan fingerprint density at radius 2 is 1.44 bits per heavy atom. The molecule has 186 valence electrons. The van der Waals surface area contributed by atoms with Gasteiger partial charge in [0.1, 0.15) is 0 Å². The van der Waals surface area contributed by atoms with Crippen molar-refractivity contribution >= 4 is 48.1 Å². The summed E-state index contributed by atoms with van der Waals surface area (Å²) in [6.45, 7) is 13.2. The van der Waals surface area contributed by atoms with Crippen LogP contribution in [0.5, 0.6) is 0 Å². The Kier molecular flexibility index (Phi) is 13.4. The van der Waals surface area contributed by atoms with E-state index in [2.05, 4.69) is 138 Å². The molecule has 0 fully saturated rings. The normalized spacial score (nSPS) is 10.3. The van der Waals surface area contributed by atoms with Crippen molar-refractivity contribution in [2.24, 2.45) is 0 Å². The van der Waals surface area contributed by atoms with Crippen LogP contribution in [0.25, 0.3) is 32.7 Å². The van der Waals surface area contributed by atoms with Crippen molar-refractivity contribution in [1.29, 1.82) is 0 Å². The fourth-order valence-electron chi connectivity index (χ4n) is 3.98. The van der Waals surface area contributed by atoms with Gasteiger partial charge in [-0.2, -0.15) is 18.2 Å². The summed E-state index contributed by atoms with van der Waals surface area (Å²) in [5.74, 6) is 0. The molecule has 0 aliphatic rings. The van der Waals surface area contributed by atoms with Crippen molar-refractivity contribution in [3.05, 3.63) is 108 Å². The van der Waals surface area contributed by atoms with Gasteiger partial charge in [0.15, 0.2) is 0 Å². The van der Waals surface area contributed by atoms with E-state index in [-0.39, 0.29) is 5.41 Å². The third-order valence-electron chi connectivity index (χ3n) is 5.83. The van der Waals surface area contributed by atoms with Crippen molar-refractivity contribution in [2.45, 2.75) is 52.6 Å². The second kappa shape index (κ2) is 15.7. The minimum atomic E-state index is -0.826. The van der Waals surface area contributed by atoms with Crippen LogP contribution in [0.3, 0.4) is 0 Å². The van der Waals surface area contributed by atoms with Crippen LogP contribution in [-0.4, -0.2) is 9.52 Å². The maximum absolute atomic E-state index is 4.93. The zero-order chi connectivity index (χ0) is 26.6. The van der Waals surface area contributed by atoms with E-state index in [1.165, 1.54) is 43.8 Å². The van der Waals surface area contributed by atoms with Crippen molar-refractivity contribution in [1.82, 2.24) is 0 Å². The number of rotatable bonds is 2. The van der Waals surface area contributed by atoms with Crippen LogP contribution in [0.15, 0.2) is 97.1 Å². The fraction of sp³-hybridized carbons (Fsp3) is 0.250. The van der Waals surface area contributed by atoms with Gasteiger partial charge in [0.05, 0.1) is 0 Å². The van der Waals surface area contributed by atoms with Gasteiger partial charge in [0.25, 0.3) is 0 Å². The summed E-state index contributed by atoms with van der Waals surface area (Å²) in [4.78, 5) is 0. The topological polar surface area (TPSA) is 0 Å². The fourth-order valence-corrected chi connectivity index (χ4v) is 3.98. The van der Waals surface area contributed by atoms with E-state index in [9.17, 15) is 0 Å². The second-order valence-corrected chi connectivity index (χ2v) is 14.3. The predicted octanol–water partition coefficient (Wildman–Crippen LogP) is 10.8. The molecule has 4 heteroatoms. The molecule has 0 heterocycles. The summed E-state index contributed by atoms with van der Waals surface area (Å²) in [5.41, 5.74) is 5.65. The third-order valence-corrected chi connectivity index (χ3v) is 5.83. The van der Waals surface area contributed by atoms with Crippen LogP contribution in [-0.2, 0) is 32.7 Å². The Balaban J connectivity index is 0.000000227. The van der Waals surface area contributed by atoms with E-state index in [0.29, 0.717) is 0 Å². The van der Waals surface area contributed by atoms with Gasteiger partial charge >= 0.3 is 37.9 Å². The monoisotopic (exact) mass is 608 g/mol. The number of fused-ring (bicyclic) bond motifs is 2. The number of aryl methyl sites for hydroxylation is 1. The standard InChI is InChI=1S/C19H19.C11H11.C2H6Si.2ClH.Zr/c1-19(2,3)16-12-10-15(11-13-16)18-9-5-7-14-6-4-8-17(14)18;1-2-9-7-10-5-3-4-6-11(10)8-9;1-3-2;;;/h4-13H,1-3H3;3-8H,2H2,1H3;1-2H3;2*1H;/q2*-1;;;;+4/p-2. The molecular weight excluding hydrogens is 575 g/mol. The SMILES string of the molecule is CC(C)(C)c1ccc(-c2cccc3[cH-]ccc23)cc1.CCc1cc2ccccc2[cH-]1.C[Si]C.[Cl][Zr+2][Cl]. The van der Waals surface area contributed by atoms with Crippen LogP contribution >= 0.6 is 17.0 Å². The summed E-state index contributed by atoms with van der Waals surface area (Å²) < 4.78 is 0. The first-order valence-corrected chi connectivity index (χ1v) is 20.6. The van der Waals surface area contributed by atoms with E-state index < -0.39 is 20.8 Å². The zero-order valence-corrected chi connectivity index (χ0v) is 27.2. The molecule has 0 aliphatic carbocycles. The molecule has 0 nitrogen and oxygen atoms in total. The Labute approximate surface area is 239 Å². The molecule has 0 N–H and O–H groups in total. The second-order valence-electron chi connectivity index (χ2n) is 9.58. The minimum absolute atomic E-state index is 0.213. The van der Waals surface area contributed by atoms with E-state index in [1.54, 1.807) is 0 Å². The van der Waals surface area contributed by atoms with Crippen LogP contribution in [0, 0.1) is 0 Å². The average molecular weight is 611 g/mol. The first-order chi connectivity index (χ1) is 17.3. The summed E-state index contributed by atoms with van der Waals surface area (Å²) in [5, 5.41) is 5.39. The maximum atomic E-state index is 4.93. The Bertz CT molecular complexity index is 1260. The van der Waals surface area contributed by atoms with Crippen LogP contribution in [0.1, 0.15) is 38.8 Å². The van der Waals surface area contributed by atoms with E-state index in [0.717, 1.165) is 15.9 Å². The quantitative estimate of drug-likeness (QED) is 0.138. The molecule has 0 aliphatic heterocycles. The molecule has 0 atom stereocenters. The van der Waals surface area contributed by atoms with Crippen LogP contribution < -0.4 is 0 Å². The van der Waals surface area contributed by atoms with Gasteiger partial charge in [-0.05, 0) is 23.0 Å². The molecule has 2 radical (unpaired) electrons. The molecule has 36 heavy (non-hydrogen) atoms. The molecule has 0 amide bonds. The molecule has 5 aromatic carbocycles. The molecular formula is C32H36Cl2SiZr. The number of halogens is 2. The molecule has 0 unspecified atom stereocenters. The Hall–Kier alpha value is -1.44. The average Bonchev–Trinajstić information content (AvgIpc) is 3.52. The van der Waals surface area contributed by atoms with Crippen LogP contribution in [0.2, 0.25) is 13.1 Å². The summed E-state index contributed by atoms with van der Waals surface area (Å²) in [6.07, 6.45) is 1.13. The zero-order valence-electron chi connectivity index (χ0n) is 22.2. The first kappa shape index (κ1) is 30.8. The van der Waals surface area contributed by atoms with Gasteiger partial charge < -0.3 is 0 Å². The molecule has 5 rings (SSSR count). The number of hydrogen-bond acceptors (Lipinski definition) is 0. The van der Waals surface area contributed by atoms with Crippen molar-refractivity contribution in [3.63, 3.8) is 0 Å². The van der Waals surface area contributed by atoms with Gasteiger partial charge in [-0.15, -0.1) is 69.6 Å². The summed E-state index contributed by atoms with van der Waals surface area (Å²) in [6, 6.07) is 35.0. The van der Waals surface area contributed by atoms with Crippen molar-refractivity contribution in [2.75, 3.05) is 0 Å². The third kappa shape index (κ3) is 9.14. The van der Waals surface area contributed by atoms with Crippen molar-refractivity contribution in [3.8, 4) is 11.1 Å². The molecule has 0 saturated heterocycles. The van der Waals surface area contributed by atoms with Gasteiger partial charge in [0, 0.05) is 9.52 Å². The molecule has 5 aromatic rings. The van der Waals surface area contributed by atoms with E-state index in [1.807, 2.05) is 0 Å². The number of benzene rings is 3. The van der Waals surface area contributed by atoms with Gasteiger partial charge in [0.2, 0.25) is 0 Å². The Morgan fingerprint density at radius 1 is 0.833 bits per heavy atom. The van der Waals surface area contributed by atoms with Gasteiger partial charge in [-0.1, -0.05) is 82.8 Å². The summed E-state index contributed by atoms with van der Waals surface area (Å²) >= 11 is -0.826. The molecule has 0 spiro atoms. The van der Waals surface area contributed by atoms with E-state index >= 15 is 0 Å². The van der Waals surface area contributed by atoms with Gasteiger partial charge in [-0.25, -0.2) is 0 Å². The Morgan fingerprint density at radius 3 is 2.03 bits per heavy atom. The van der Waals surface area contributed by atoms with Gasteiger partial charge in [-0.3, -0.25) is 0 Å². The summed E-state index contributed by atoms with van der Waals surface area (Å²) in [7, 11) is 11.0. The first-order valence-electron chi connectivity index (χ1n) is 12.2. The van der Waals surface area contributed by atoms with Crippen molar-refractivity contribution < 1.29 is 20.8 Å². The molecule has 0 saturated carbocycles. The molecule has 0 aromatic heterocycles. The molecule has 0 bridgehead atoms. The number of hydrogen-bond donors (Lipinski definition) is 0. The van der Waals surface area contributed by atoms with Crippen LogP contribution in [0.4, 0.5) is 0 Å².